The highest BCUT2D eigenvalue weighted by Gasteiger charge is 2.17. The topological polar surface area (TPSA) is 127 Å². The Morgan fingerprint density at radius 3 is 2.47 bits per heavy atom. The van der Waals surface area contributed by atoms with Crippen molar-refractivity contribution in [2.75, 3.05) is 0 Å². The van der Waals surface area contributed by atoms with Crippen molar-refractivity contribution in [2.45, 2.75) is 32.7 Å². The van der Waals surface area contributed by atoms with Gasteiger partial charge in [-0.2, -0.15) is 5.21 Å². The highest BCUT2D eigenvalue weighted by molar-refractivity contribution is 5.80. The number of rotatable bonds is 7. The SMILES string of the molecule is CCCCc1nc2c(c(=O)[nH]c(=O)n2C)n1Cc1ccc(-c2ccccc2-c2nn[nH]n2)cc1. The summed E-state index contributed by atoms with van der Waals surface area (Å²) in [5, 5.41) is 14.4. The molecule has 0 unspecified atom stereocenters. The first-order chi connectivity index (χ1) is 16.6. The molecule has 0 aliphatic rings. The van der Waals surface area contributed by atoms with Crippen molar-refractivity contribution in [3.63, 3.8) is 0 Å². The average molecular weight is 457 g/mol. The van der Waals surface area contributed by atoms with Crippen molar-refractivity contribution in [3.05, 3.63) is 80.8 Å². The molecule has 10 heteroatoms. The molecule has 2 N–H and O–H groups in total. The number of aromatic amines is 2. The quantitative estimate of drug-likeness (QED) is 0.388. The molecule has 34 heavy (non-hydrogen) atoms. The van der Waals surface area contributed by atoms with E-state index in [1.165, 1.54) is 4.57 Å². The predicted octanol–water partition coefficient (Wildman–Crippen LogP) is 2.66. The Morgan fingerprint density at radius 2 is 1.76 bits per heavy atom. The van der Waals surface area contributed by atoms with Crippen LogP contribution >= 0.6 is 0 Å². The number of H-pyrrole nitrogens is 2. The molecule has 0 saturated heterocycles. The van der Waals surface area contributed by atoms with E-state index in [-0.39, 0.29) is 0 Å². The van der Waals surface area contributed by atoms with Gasteiger partial charge >= 0.3 is 5.69 Å². The Bertz CT molecular complexity index is 1560. The van der Waals surface area contributed by atoms with Gasteiger partial charge in [0.05, 0.1) is 0 Å². The third-order valence-electron chi connectivity index (χ3n) is 5.96. The van der Waals surface area contributed by atoms with Crippen LogP contribution in [0.25, 0.3) is 33.7 Å². The highest BCUT2D eigenvalue weighted by atomic mass is 16.2. The van der Waals surface area contributed by atoms with E-state index in [9.17, 15) is 9.59 Å². The zero-order valence-electron chi connectivity index (χ0n) is 18.9. The Morgan fingerprint density at radius 1 is 1.00 bits per heavy atom. The van der Waals surface area contributed by atoms with Crippen LogP contribution in [0.3, 0.4) is 0 Å². The summed E-state index contributed by atoms with van der Waals surface area (Å²) in [4.78, 5) is 31.8. The number of hydrogen-bond donors (Lipinski definition) is 2. The summed E-state index contributed by atoms with van der Waals surface area (Å²) in [6.45, 7) is 2.59. The van der Waals surface area contributed by atoms with Gasteiger partial charge in [-0.25, -0.2) is 9.78 Å². The molecule has 0 spiro atoms. The molecule has 0 atom stereocenters. The maximum atomic E-state index is 12.7. The van der Waals surface area contributed by atoms with E-state index in [4.69, 9.17) is 0 Å². The number of imidazole rings is 1. The van der Waals surface area contributed by atoms with E-state index < -0.39 is 11.2 Å². The normalized spacial score (nSPS) is 11.4. The second kappa shape index (κ2) is 8.89. The lowest BCUT2D eigenvalue weighted by Gasteiger charge is -2.11. The van der Waals surface area contributed by atoms with Gasteiger partial charge in [-0.15, -0.1) is 10.2 Å². The minimum atomic E-state index is -0.464. The number of unbranched alkanes of at least 4 members (excludes halogenated alkanes) is 1. The number of aromatic nitrogens is 8. The van der Waals surface area contributed by atoms with Crippen molar-refractivity contribution in [3.8, 4) is 22.5 Å². The maximum absolute atomic E-state index is 12.7. The number of aryl methyl sites for hydroxylation is 2. The Hall–Kier alpha value is -4.34. The lowest BCUT2D eigenvalue weighted by atomic mass is 9.98. The van der Waals surface area contributed by atoms with Gasteiger partial charge < -0.3 is 4.57 Å². The van der Waals surface area contributed by atoms with Crippen LogP contribution < -0.4 is 11.2 Å². The summed E-state index contributed by atoms with van der Waals surface area (Å²) < 4.78 is 3.31. The molecule has 5 aromatic rings. The molecule has 0 saturated carbocycles. The fraction of sp³-hybridized carbons (Fsp3) is 0.250. The zero-order chi connectivity index (χ0) is 23.7. The van der Waals surface area contributed by atoms with Crippen LogP contribution in [0.4, 0.5) is 0 Å². The third kappa shape index (κ3) is 3.83. The maximum Gasteiger partial charge on any atom is 0.329 e. The second-order valence-electron chi connectivity index (χ2n) is 8.19. The third-order valence-corrected chi connectivity index (χ3v) is 5.96. The molecule has 0 bridgehead atoms. The summed E-state index contributed by atoms with van der Waals surface area (Å²) in [7, 11) is 1.62. The Labute approximate surface area is 194 Å². The van der Waals surface area contributed by atoms with E-state index >= 15 is 0 Å². The monoisotopic (exact) mass is 456 g/mol. The van der Waals surface area contributed by atoms with Crippen LogP contribution in [-0.2, 0) is 20.0 Å². The zero-order valence-corrected chi connectivity index (χ0v) is 18.9. The molecule has 0 aliphatic carbocycles. The summed E-state index contributed by atoms with van der Waals surface area (Å²) in [6.07, 6.45) is 2.68. The van der Waals surface area contributed by atoms with Gasteiger partial charge in [0.25, 0.3) is 5.56 Å². The number of nitrogens with one attached hydrogen (secondary N) is 2. The first-order valence-corrected chi connectivity index (χ1v) is 11.2. The first-order valence-electron chi connectivity index (χ1n) is 11.2. The minimum absolute atomic E-state index is 0.408. The van der Waals surface area contributed by atoms with Gasteiger partial charge in [-0.3, -0.25) is 14.3 Å². The van der Waals surface area contributed by atoms with E-state index in [2.05, 4.69) is 37.5 Å². The van der Waals surface area contributed by atoms with Crippen LogP contribution in [0, 0.1) is 0 Å². The van der Waals surface area contributed by atoms with Crippen LogP contribution in [0.2, 0.25) is 0 Å². The van der Waals surface area contributed by atoms with Crippen LogP contribution in [-0.4, -0.2) is 39.7 Å². The van der Waals surface area contributed by atoms with Gasteiger partial charge in [-0.1, -0.05) is 61.9 Å². The average Bonchev–Trinajstić information content (AvgIpc) is 3.51. The van der Waals surface area contributed by atoms with Gasteiger partial charge in [0.15, 0.2) is 11.2 Å². The Kier molecular flexibility index (Phi) is 5.62. The minimum Gasteiger partial charge on any atom is -0.318 e. The van der Waals surface area contributed by atoms with E-state index in [0.717, 1.165) is 47.3 Å². The van der Waals surface area contributed by atoms with Crippen molar-refractivity contribution in [1.82, 2.24) is 39.7 Å². The van der Waals surface area contributed by atoms with Crippen LogP contribution in [0.5, 0.6) is 0 Å². The molecular formula is C24H24N8O2. The second-order valence-corrected chi connectivity index (χ2v) is 8.19. The van der Waals surface area contributed by atoms with Gasteiger partial charge in [0.2, 0.25) is 5.82 Å². The molecule has 3 aromatic heterocycles. The molecule has 5 rings (SSSR count). The van der Waals surface area contributed by atoms with Crippen molar-refractivity contribution in [1.29, 1.82) is 0 Å². The summed E-state index contributed by atoms with van der Waals surface area (Å²) >= 11 is 0. The Balaban J connectivity index is 1.53. The molecule has 3 heterocycles. The van der Waals surface area contributed by atoms with E-state index in [1.54, 1.807) is 7.05 Å². The number of tetrazole rings is 1. The van der Waals surface area contributed by atoms with Gasteiger partial charge in [0, 0.05) is 25.6 Å². The lowest BCUT2D eigenvalue weighted by molar-refractivity contribution is 0.688. The van der Waals surface area contributed by atoms with Gasteiger partial charge in [-0.05, 0) is 28.3 Å². The molecule has 2 aromatic carbocycles. The molecular weight excluding hydrogens is 432 g/mol. The van der Waals surface area contributed by atoms with E-state index in [1.807, 2.05) is 53.1 Å². The number of benzene rings is 2. The largest absolute Gasteiger partial charge is 0.329 e. The van der Waals surface area contributed by atoms with Crippen molar-refractivity contribution < 1.29 is 0 Å². The molecule has 0 radical (unpaired) electrons. The van der Waals surface area contributed by atoms with Crippen LogP contribution in [0.15, 0.2) is 58.1 Å². The fourth-order valence-corrected chi connectivity index (χ4v) is 4.15. The van der Waals surface area contributed by atoms with Crippen molar-refractivity contribution >= 4 is 11.2 Å². The van der Waals surface area contributed by atoms with Crippen LogP contribution in [0.1, 0.15) is 31.2 Å². The number of hydrogen-bond acceptors (Lipinski definition) is 6. The molecule has 0 aliphatic heterocycles. The summed E-state index contributed by atoms with van der Waals surface area (Å²) in [5.74, 6) is 1.34. The number of fused-ring (bicyclic) bond motifs is 1. The standard InChI is InChI=1S/C24H24N8O2/c1-3-4-9-19-25-22-20(23(33)26-24(34)31(22)2)32(19)14-15-10-12-16(13-11-15)17-7-5-6-8-18(17)21-27-29-30-28-21/h5-8,10-13H,3-4,9,14H2,1-2H3,(H,26,33,34)(H,27,28,29,30). The molecule has 0 fully saturated rings. The summed E-state index contributed by atoms with van der Waals surface area (Å²) in [6, 6.07) is 16.0. The van der Waals surface area contributed by atoms with Gasteiger partial charge in [0.1, 0.15) is 5.82 Å². The first kappa shape index (κ1) is 21.5. The molecule has 0 amide bonds. The lowest BCUT2D eigenvalue weighted by Crippen LogP contribution is -2.29. The van der Waals surface area contributed by atoms with E-state index in [0.29, 0.717) is 23.5 Å². The molecule has 172 valence electrons. The highest BCUT2D eigenvalue weighted by Crippen LogP contribution is 2.30. The predicted molar refractivity (Wildman–Crippen MR) is 128 cm³/mol. The van der Waals surface area contributed by atoms with Crippen molar-refractivity contribution in [2.24, 2.45) is 7.05 Å². The fourth-order valence-electron chi connectivity index (χ4n) is 4.15. The smallest absolute Gasteiger partial charge is 0.318 e. The molecule has 10 nitrogen and oxygen atoms in total. The summed E-state index contributed by atoms with van der Waals surface area (Å²) in [5.41, 5.74) is 3.87. The number of nitrogens with zero attached hydrogens (tertiary/aromatic N) is 6.